The molecule has 18 heavy (non-hydrogen) atoms. The summed E-state index contributed by atoms with van der Waals surface area (Å²) < 4.78 is 1.91. The molecule has 1 atom stereocenters. The van der Waals surface area contributed by atoms with E-state index in [9.17, 15) is 4.79 Å². The minimum atomic E-state index is -0.903. The van der Waals surface area contributed by atoms with E-state index in [2.05, 4.69) is 16.9 Å². The number of carboxylic acids is 1. The van der Waals surface area contributed by atoms with Gasteiger partial charge in [-0.15, -0.1) is 0 Å². The molecule has 2 aromatic heterocycles. The topological polar surface area (TPSA) is 57.8 Å². The maximum absolute atomic E-state index is 11.0. The van der Waals surface area contributed by atoms with Gasteiger partial charge in [-0.25, -0.2) is 9.78 Å². The van der Waals surface area contributed by atoms with Crippen LogP contribution in [0.25, 0.3) is 5.52 Å². The number of imidazole rings is 1. The van der Waals surface area contributed by atoms with E-state index in [0.717, 1.165) is 30.9 Å². The Balaban J connectivity index is 2.06. The van der Waals surface area contributed by atoms with Gasteiger partial charge in [0.1, 0.15) is 5.82 Å². The summed E-state index contributed by atoms with van der Waals surface area (Å²) in [5, 5.41) is 9.04. The Kier molecular flexibility index (Phi) is 2.56. The van der Waals surface area contributed by atoms with Crippen molar-refractivity contribution in [1.82, 2.24) is 14.3 Å². The Morgan fingerprint density at radius 3 is 3.00 bits per heavy atom. The third-order valence-corrected chi connectivity index (χ3v) is 3.56. The van der Waals surface area contributed by atoms with E-state index >= 15 is 0 Å². The molecule has 5 heteroatoms. The Morgan fingerprint density at radius 2 is 2.33 bits per heavy atom. The van der Waals surface area contributed by atoms with E-state index < -0.39 is 5.97 Å². The number of likely N-dealkylation sites (tertiary alicyclic amines) is 1. The highest BCUT2D eigenvalue weighted by atomic mass is 16.4. The molecule has 1 unspecified atom stereocenters. The zero-order valence-electron chi connectivity index (χ0n) is 10.2. The number of carbonyl (C=O) groups is 1. The highest BCUT2D eigenvalue weighted by molar-refractivity contribution is 5.87. The summed E-state index contributed by atoms with van der Waals surface area (Å²) in [6, 6.07) is 3.42. The number of likely N-dealkylation sites (N-methyl/N-ethyl adjacent to an activating group) is 1. The number of pyridine rings is 1. The maximum atomic E-state index is 11.0. The highest BCUT2D eigenvalue weighted by Gasteiger charge is 2.24. The van der Waals surface area contributed by atoms with Crippen LogP contribution < -0.4 is 0 Å². The number of hydrogen-bond donors (Lipinski definition) is 1. The van der Waals surface area contributed by atoms with Crippen LogP contribution in [0.3, 0.4) is 0 Å². The van der Waals surface area contributed by atoms with Crippen LogP contribution in [0.2, 0.25) is 0 Å². The van der Waals surface area contributed by atoms with Gasteiger partial charge in [0.2, 0.25) is 0 Å². The first kappa shape index (κ1) is 11.2. The third-order valence-electron chi connectivity index (χ3n) is 3.56. The number of hydrogen-bond acceptors (Lipinski definition) is 3. The second kappa shape index (κ2) is 4.10. The maximum Gasteiger partial charge on any atom is 0.337 e. The molecule has 0 saturated carbocycles. The lowest BCUT2D eigenvalue weighted by molar-refractivity contribution is 0.0696. The van der Waals surface area contributed by atoms with Crippen LogP contribution in [0.1, 0.15) is 28.5 Å². The summed E-state index contributed by atoms with van der Waals surface area (Å²) in [5.41, 5.74) is 1.25. The van der Waals surface area contributed by atoms with Gasteiger partial charge in [0.05, 0.1) is 17.3 Å². The first-order valence-corrected chi connectivity index (χ1v) is 6.04. The quantitative estimate of drug-likeness (QED) is 0.870. The van der Waals surface area contributed by atoms with E-state index in [0.29, 0.717) is 11.5 Å². The summed E-state index contributed by atoms with van der Waals surface area (Å²) in [5.74, 6) is 0.457. The molecule has 0 radical (unpaired) electrons. The van der Waals surface area contributed by atoms with Crippen LogP contribution in [-0.4, -0.2) is 45.5 Å². The molecule has 1 saturated heterocycles. The molecule has 0 amide bonds. The van der Waals surface area contributed by atoms with Crippen molar-refractivity contribution in [3.8, 4) is 0 Å². The van der Waals surface area contributed by atoms with E-state index in [-0.39, 0.29) is 0 Å². The molecule has 1 aliphatic rings. The summed E-state index contributed by atoms with van der Waals surface area (Å²) in [6.45, 7) is 2.05. The minimum Gasteiger partial charge on any atom is -0.478 e. The predicted octanol–water partition coefficient (Wildman–Crippen LogP) is 1.45. The van der Waals surface area contributed by atoms with Crippen molar-refractivity contribution in [1.29, 1.82) is 0 Å². The Hall–Kier alpha value is -1.88. The van der Waals surface area contributed by atoms with Crippen molar-refractivity contribution in [2.24, 2.45) is 0 Å². The number of aromatic carboxylic acids is 1. The molecule has 0 aliphatic carbocycles. The van der Waals surface area contributed by atoms with Crippen molar-refractivity contribution >= 4 is 11.5 Å². The van der Waals surface area contributed by atoms with E-state index in [1.807, 2.05) is 4.40 Å². The lowest BCUT2D eigenvalue weighted by atomic mass is 10.1. The number of rotatable bonds is 2. The zero-order valence-corrected chi connectivity index (χ0v) is 10.2. The van der Waals surface area contributed by atoms with Crippen LogP contribution >= 0.6 is 0 Å². The van der Waals surface area contributed by atoms with E-state index in [4.69, 9.17) is 5.11 Å². The van der Waals surface area contributed by atoms with Crippen molar-refractivity contribution in [3.63, 3.8) is 0 Å². The minimum absolute atomic E-state index is 0.299. The number of nitrogens with zero attached hydrogens (tertiary/aromatic N) is 3. The lowest BCUT2D eigenvalue weighted by Crippen LogP contribution is -2.14. The summed E-state index contributed by atoms with van der Waals surface area (Å²) in [4.78, 5) is 17.7. The van der Waals surface area contributed by atoms with Gasteiger partial charge in [-0.3, -0.25) is 0 Å². The molecule has 3 rings (SSSR count). The molecule has 1 fully saturated rings. The van der Waals surface area contributed by atoms with Crippen LogP contribution in [-0.2, 0) is 0 Å². The lowest BCUT2D eigenvalue weighted by Gasteiger charge is -2.10. The van der Waals surface area contributed by atoms with Crippen molar-refractivity contribution in [2.45, 2.75) is 12.3 Å². The van der Waals surface area contributed by atoms with E-state index in [1.54, 1.807) is 24.5 Å². The SMILES string of the molecule is CN1CCC(c2ncc3ccc(C(=O)O)cn23)C1. The first-order chi connectivity index (χ1) is 8.65. The fourth-order valence-electron chi connectivity index (χ4n) is 2.58. The van der Waals surface area contributed by atoms with Gasteiger partial charge in [-0.2, -0.15) is 0 Å². The van der Waals surface area contributed by atoms with Crippen LogP contribution in [0.4, 0.5) is 0 Å². The van der Waals surface area contributed by atoms with Crippen LogP contribution in [0.5, 0.6) is 0 Å². The number of aromatic nitrogens is 2. The molecule has 5 nitrogen and oxygen atoms in total. The van der Waals surface area contributed by atoms with Gasteiger partial charge in [0.25, 0.3) is 0 Å². The van der Waals surface area contributed by atoms with Crippen molar-refractivity contribution in [2.75, 3.05) is 20.1 Å². The molecule has 0 bridgehead atoms. The third kappa shape index (κ3) is 1.76. The highest BCUT2D eigenvalue weighted by Crippen LogP contribution is 2.26. The molecule has 0 aromatic carbocycles. The number of carboxylic acid groups (broad SMARTS) is 1. The molecule has 1 N–H and O–H groups in total. The predicted molar refractivity (Wildman–Crippen MR) is 67.0 cm³/mol. The molecule has 3 heterocycles. The van der Waals surface area contributed by atoms with Gasteiger partial charge in [0, 0.05) is 18.7 Å². The Morgan fingerprint density at radius 1 is 1.50 bits per heavy atom. The summed E-state index contributed by atoms with van der Waals surface area (Å²) in [7, 11) is 2.10. The molecular weight excluding hydrogens is 230 g/mol. The fourth-order valence-corrected chi connectivity index (χ4v) is 2.58. The van der Waals surface area contributed by atoms with Gasteiger partial charge < -0.3 is 14.4 Å². The fraction of sp³-hybridized carbons (Fsp3) is 0.385. The summed E-state index contributed by atoms with van der Waals surface area (Å²) in [6.07, 6.45) is 4.55. The Bertz CT molecular complexity index is 605. The molecule has 94 valence electrons. The van der Waals surface area contributed by atoms with Crippen LogP contribution in [0, 0.1) is 0 Å². The Labute approximate surface area is 105 Å². The smallest absolute Gasteiger partial charge is 0.337 e. The number of fused-ring (bicyclic) bond motifs is 1. The molecule has 1 aliphatic heterocycles. The van der Waals surface area contributed by atoms with Gasteiger partial charge in [-0.1, -0.05) is 0 Å². The standard InChI is InChI=1S/C13H15N3O2/c1-15-5-4-9(7-15)12-14-6-11-3-2-10(13(17)18)8-16(11)12/h2-3,6,8-9H,4-5,7H2,1H3,(H,17,18). The van der Waals surface area contributed by atoms with Crippen molar-refractivity contribution in [3.05, 3.63) is 35.9 Å². The summed E-state index contributed by atoms with van der Waals surface area (Å²) >= 11 is 0. The monoisotopic (exact) mass is 245 g/mol. The molecular formula is C13H15N3O2. The largest absolute Gasteiger partial charge is 0.478 e. The first-order valence-electron chi connectivity index (χ1n) is 6.04. The normalized spacial score (nSPS) is 20.6. The van der Waals surface area contributed by atoms with Gasteiger partial charge in [-0.05, 0) is 32.1 Å². The van der Waals surface area contributed by atoms with Gasteiger partial charge in [0.15, 0.2) is 0 Å². The van der Waals surface area contributed by atoms with Crippen molar-refractivity contribution < 1.29 is 9.90 Å². The van der Waals surface area contributed by atoms with Gasteiger partial charge >= 0.3 is 5.97 Å². The average molecular weight is 245 g/mol. The van der Waals surface area contributed by atoms with Crippen LogP contribution in [0.15, 0.2) is 24.5 Å². The zero-order chi connectivity index (χ0) is 12.7. The molecule has 2 aromatic rings. The second-order valence-corrected chi connectivity index (χ2v) is 4.88. The van der Waals surface area contributed by atoms with E-state index in [1.165, 1.54) is 0 Å². The molecule has 0 spiro atoms. The second-order valence-electron chi connectivity index (χ2n) is 4.88. The average Bonchev–Trinajstić information content (AvgIpc) is 2.93.